The van der Waals surface area contributed by atoms with Gasteiger partial charge >= 0.3 is 0 Å². The van der Waals surface area contributed by atoms with E-state index >= 15 is 0 Å². The summed E-state index contributed by atoms with van der Waals surface area (Å²) < 4.78 is 4.91. The van der Waals surface area contributed by atoms with E-state index in [-0.39, 0.29) is 5.91 Å². The van der Waals surface area contributed by atoms with Gasteiger partial charge in [-0.2, -0.15) is 0 Å². The van der Waals surface area contributed by atoms with E-state index in [4.69, 9.17) is 10.5 Å². The van der Waals surface area contributed by atoms with Crippen LogP contribution in [0.15, 0.2) is 0 Å². The molecular formula is C11H23N3O2. The van der Waals surface area contributed by atoms with Crippen molar-refractivity contribution in [3.8, 4) is 0 Å². The lowest BCUT2D eigenvalue weighted by atomic mass is 10.4. The second-order valence-corrected chi connectivity index (χ2v) is 4.19. The summed E-state index contributed by atoms with van der Waals surface area (Å²) >= 11 is 0. The number of rotatable bonds is 9. The smallest absolute Gasteiger partial charge is 0.234 e. The normalized spacial score (nSPS) is 15.4. The molecule has 0 saturated heterocycles. The lowest BCUT2D eigenvalue weighted by molar-refractivity contribution is -0.122. The van der Waals surface area contributed by atoms with Gasteiger partial charge in [0.15, 0.2) is 0 Å². The first-order valence-corrected chi connectivity index (χ1v) is 5.97. The van der Waals surface area contributed by atoms with E-state index in [0.717, 1.165) is 13.0 Å². The van der Waals surface area contributed by atoms with Crippen LogP contribution in [0, 0.1) is 0 Å². The van der Waals surface area contributed by atoms with E-state index in [1.807, 2.05) is 0 Å². The SMILES string of the molecule is COCCCNC(=O)CN(CCN)C1CC1. The number of hydrogen-bond donors (Lipinski definition) is 2. The summed E-state index contributed by atoms with van der Waals surface area (Å²) in [5, 5.41) is 2.89. The van der Waals surface area contributed by atoms with Crippen LogP contribution in [0.25, 0.3) is 0 Å². The third-order valence-electron chi connectivity index (χ3n) is 2.67. The molecule has 0 radical (unpaired) electrons. The molecule has 1 aliphatic rings. The van der Waals surface area contributed by atoms with Crippen LogP contribution in [0.1, 0.15) is 19.3 Å². The van der Waals surface area contributed by atoms with Crippen molar-refractivity contribution in [3.05, 3.63) is 0 Å². The molecule has 0 bridgehead atoms. The molecular weight excluding hydrogens is 206 g/mol. The zero-order valence-electron chi connectivity index (χ0n) is 10.1. The molecule has 1 aliphatic carbocycles. The molecule has 1 fully saturated rings. The van der Waals surface area contributed by atoms with Crippen LogP contribution >= 0.6 is 0 Å². The Morgan fingerprint density at radius 1 is 1.56 bits per heavy atom. The van der Waals surface area contributed by atoms with E-state index < -0.39 is 0 Å². The summed E-state index contributed by atoms with van der Waals surface area (Å²) in [6, 6.07) is 0.591. The molecule has 0 aromatic heterocycles. The van der Waals surface area contributed by atoms with Gasteiger partial charge in [0, 0.05) is 39.4 Å². The zero-order valence-corrected chi connectivity index (χ0v) is 10.1. The minimum absolute atomic E-state index is 0.0939. The molecule has 5 nitrogen and oxygen atoms in total. The van der Waals surface area contributed by atoms with Crippen molar-refractivity contribution in [1.29, 1.82) is 0 Å². The topological polar surface area (TPSA) is 67.6 Å². The Morgan fingerprint density at radius 2 is 2.31 bits per heavy atom. The molecule has 0 aromatic rings. The van der Waals surface area contributed by atoms with Gasteiger partial charge in [0.1, 0.15) is 0 Å². The van der Waals surface area contributed by atoms with Crippen LogP contribution in [0.3, 0.4) is 0 Å². The number of amides is 1. The van der Waals surface area contributed by atoms with Gasteiger partial charge in [0.2, 0.25) is 5.91 Å². The number of nitrogens with one attached hydrogen (secondary N) is 1. The van der Waals surface area contributed by atoms with E-state index in [1.54, 1.807) is 7.11 Å². The molecule has 3 N–H and O–H groups in total. The van der Waals surface area contributed by atoms with Crippen LogP contribution < -0.4 is 11.1 Å². The molecule has 1 saturated carbocycles. The first-order valence-electron chi connectivity index (χ1n) is 5.97. The summed E-state index contributed by atoms with van der Waals surface area (Å²) in [7, 11) is 1.66. The van der Waals surface area contributed by atoms with Crippen molar-refractivity contribution >= 4 is 5.91 Å². The van der Waals surface area contributed by atoms with Crippen LogP contribution in [0.5, 0.6) is 0 Å². The summed E-state index contributed by atoms with van der Waals surface area (Å²) in [6.07, 6.45) is 3.27. The van der Waals surface area contributed by atoms with Crippen molar-refractivity contribution in [2.75, 3.05) is 39.9 Å². The average Bonchev–Trinajstić information content (AvgIpc) is 3.07. The van der Waals surface area contributed by atoms with Crippen molar-refractivity contribution in [3.63, 3.8) is 0 Å². The Balaban J connectivity index is 2.10. The highest BCUT2D eigenvalue weighted by Gasteiger charge is 2.29. The molecule has 16 heavy (non-hydrogen) atoms. The molecule has 1 rings (SSSR count). The number of nitrogens with zero attached hydrogens (tertiary/aromatic N) is 1. The first kappa shape index (κ1) is 13.4. The maximum Gasteiger partial charge on any atom is 0.234 e. The molecule has 0 unspecified atom stereocenters. The number of carbonyl (C=O) groups excluding carboxylic acids is 1. The molecule has 94 valence electrons. The van der Waals surface area contributed by atoms with Gasteiger partial charge in [-0.3, -0.25) is 9.69 Å². The van der Waals surface area contributed by atoms with Crippen molar-refractivity contribution < 1.29 is 9.53 Å². The van der Waals surface area contributed by atoms with Crippen LogP contribution in [0.4, 0.5) is 0 Å². The summed E-state index contributed by atoms with van der Waals surface area (Å²) in [5.74, 6) is 0.0939. The average molecular weight is 229 g/mol. The monoisotopic (exact) mass is 229 g/mol. The third kappa shape index (κ3) is 5.44. The maximum absolute atomic E-state index is 11.6. The van der Waals surface area contributed by atoms with Gasteiger partial charge in [-0.05, 0) is 19.3 Å². The Morgan fingerprint density at radius 3 is 2.88 bits per heavy atom. The van der Waals surface area contributed by atoms with Gasteiger partial charge in [0.25, 0.3) is 0 Å². The number of carbonyl (C=O) groups is 1. The third-order valence-corrected chi connectivity index (χ3v) is 2.67. The lowest BCUT2D eigenvalue weighted by Crippen LogP contribution is -2.41. The van der Waals surface area contributed by atoms with E-state index in [2.05, 4.69) is 10.2 Å². The van der Waals surface area contributed by atoms with Crippen molar-refractivity contribution in [1.82, 2.24) is 10.2 Å². The van der Waals surface area contributed by atoms with E-state index in [0.29, 0.717) is 32.3 Å². The fourth-order valence-corrected chi connectivity index (χ4v) is 1.68. The second kappa shape index (κ2) is 7.60. The number of nitrogens with two attached hydrogens (primary N) is 1. The predicted octanol–water partition coefficient (Wildman–Crippen LogP) is -0.438. The second-order valence-electron chi connectivity index (χ2n) is 4.19. The largest absolute Gasteiger partial charge is 0.385 e. The molecule has 5 heteroatoms. The molecule has 1 amide bonds. The molecule has 0 heterocycles. The molecule has 0 atom stereocenters. The quantitative estimate of drug-likeness (QED) is 0.526. The predicted molar refractivity (Wildman–Crippen MR) is 63.2 cm³/mol. The highest BCUT2D eigenvalue weighted by molar-refractivity contribution is 5.78. The highest BCUT2D eigenvalue weighted by atomic mass is 16.5. The first-order chi connectivity index (χ1) is 7.77. The van der Waals surface area contributed by atoms with Gasteiger partial charge in [0.05, 0.1) is 6.54 Å². The van der Waals surface area contributed by atoms with Crippen LogP contribution in [-0.2, 0) is 9.53 Å². The Hall–Kier alpha value is -0.650. The van der Waals surface area contributed by atoms with Gasteiger partial charge in [-0.1, -0.05) is 0 Å². The summed E-state index contributed by atoms with van der Waals surface area (Å²) in [4.78, 5) is 13.8. The summed E-state index contributed by atoms with van der Waals surface area (Å²) in [6.45, 7) is 3.29. The van der Waals surface area contributed by atoms with Crippen LogP contribution in [-0.4, -0.2) is 56.7 Å². The van der Waals surface area contributed by atoms with Gasteiger partial charge in [-0.25, -0.2) is 0 Å². The van der Waals surface area contributed by atoms with Gasteiger partial charge < -0.3 is 15.8 Å². The fraction of sp³-hybridized carbons (Fsp3) is 0.909. The minimum atomic E-state index is 0.0939. The highest BCUT2D eigenvalue weighted by Crippen LogP contribution is 2.25. The Kier molecular flexibility index (Phi) is 6.37. The maximum atomic E-state index is 11.6. The standard InChI is InChI=1S/C11H23N3O2/c1-16-8-2-6-13-11(15)9-14(7-5-12)10-3-4-10/h10H,2-9,12H2,1H3,(H,13,15). The summed E-state index contributed by atoms with van der Waals surface area (Å²) in [5.41, 5.74) is 5.52. The van der Waals surface area contributed by atoms with Gasteiger partial charge in [-0.15, -0.1) is 0 Å². The molecule has 0 spiro atoms. The van der Waals surface area contributed by atoms with Crippen molar-refractivity contribution in [2.24, 2.45) is 5.73 Å². The molecule has 0 aromatic carbocycles. The van der Waals surface area contributed by atoms with E-state index in [9.17, 15) is 4.79 Å². The van der Waals surface area contributed by atoms with Crippen LogP contribution in [0.2, 0.25) is 0 Å². The number of methoxy groups -OCH3 is 1. The zero-order chi connectivity index (χ0) is 11.8. The van der Waals surface area contributed by atoms with E-state index in [1.165, 1.54) is 12.8 Å². The minimum Gasteiger partial charge on any atom is -0.385 e. The number of ether oxygens (including phenoxy) is 1. The fourth-order valence-electron chi connectivity index (χ4n) is 1.68. The Bertz CT molecular complexity index is 207. The molecule has 0 aliphatic heterocycles. The Labute approximate surface area is 97.3 Å². The van der Waals surface area contributed by atoms with Crippen molar-refractivity contribution in [2.45, 2.75) is 25.3 Å². The number of hydrogen-bond acceptors (Lipinski definition) is 4. The lowest BCUT2D eigenvalue weighted by Gasteiger charge is -2.20.